The van der Waals surface area contributed by atoms with E-state index in [0.717, 1.165) is 64.9 Å². The van der Waals surface area contributed by atoms with E-state index in [1.807, 2.05) is 48.5 Å². The van der Waals surface area contributed by atoms with Crippen LogP contribution in [-0.4, -0.2) is 28.6 Å². The number of hydrogen-bond acceptors (Lipinski definition) is 3. The average molecular weight is 520 g/mol. The van der Waals surface area contributed by atoms with Gasteiger partial charge in [-0.15, -0.1) is 0 Å². The van der Waals surface area contributed by atoms with Crippen molar-refractivity contribution in [1.29, 1.82) is 0 Å². The summed E-state index contributed by atoms with van der Waals surface area (Å²) in [7, 11) is 0. The molecule has 34 heavy (non-hydrogen) atoms. The first kappa shape index (κ1) is 24.0. The number of benzene rings is 3. The van der Waals surface area contributed by atoms with Gasteiger partial charge in [0.15, 0.2) is 0 Å². The Balaban J connectivity index is 1.29. The van der Waals surface area contributed by atoms with Crippen molar-refractivity contribution in [3.63, 3.8) is 0 Å². The lowest BCUT2D eigenvalue weighted by molar-refractivity contribution is 0.0953. The topological polar surface area (TPSA) is 56.1 Å². The molecule has 0 unspecified atom stereocenters. The quantitative estimate of drug-likeness (QED) is 0.235. The highest BCUT2D eigenvalue weighted by Gasteiger charge is 2.11. The molecule has 3 aromatic carbocycles. The minimum atomic E-state index is -0.0466. The molecule has 0 aliphatic rings. The molecule has 1 N–H and O–H groups in total. The number of rotatable bonds is 11. The molecule has 4 aromatic rings. The van der Waals surface area contributed by atoms with E-state index in [2.05, 4.69) is 57.0 Å². The standard InChI is InChI=1S/C28H30BrN3O2/c1-21-9-2-5-12-26(21)34-20-7-6-19-32-25-11-4-3-10-24(25)31-27(32)13-8-18-30-28(33)22-14-16-23(29)17-15-22/h2-5,9-12,14-17H,6-8,13,18-20H2,1H3,(H,30,33). The zero-order valence-electron chi connectivity index (χ0n) is 19.5. The summed E-state index contributed by atoms with van der Waals surface area (Å²) in [6.07, 6.45) is 3.64. The predicted molar refractivity (Wildman–Crippen MR) is 140 cm³/mol. The molecule has 0 radical (unpaired) electrons. The Labute approximate surface area is 209 Å². The molecule has 176 valence electrons. The summed E-state index contributed by atoms with van der Waals surface area (Å²) in [4.78, 5) is 17.2. The fraction of sp³-hybridized carbons (Fsp3) is 0.286. The van der Waals surface area contributed by atoms with Crippen LogP contribution in [0.4, 0.5) is 0 Å². The second-order valence-electron chi connectivity index (χ2n) is 8.36. The van der Waals surface area contributed by atoms with Crippen molar-refractivity contribution < 1.29 is 9.53 Å². The fourth-order valence-corrected chi connectivity index (χ4v) is 4.25. The molecular weight excluding hydrogens is 490 g/mol. The Morgan fingerprint density at radius 2 is 1.74 bits per heavy atom. The van der Waals surface area contributed by atoms with Crippen LogP contribution < -0.4 is 10.1 Å². The molecule has 1 amide bonds. The number of nitrogens with one attached hydrogen (secondary N) is 1. The van der Waals surface area contributed by atoms with Gasteiger partial charge < -0.3 is 14.6 Å². The third-order valence-electron chi connectivity index (χ3n) is 5.83. The maximum Gasteiger partial charge on any atom is 0.251 e. The highest BCUT2D eigenvalue weighted by Crippen LogP contribution is 2.19. The lowest BCUT2D eigenvalue weighted by Gasteiger charge is -2.11. The van der Waals surface area contributed by atoms with Gasteiger partial charge in [0, 0.05) is 29.5 Å². The third kappa shape index (κ3) is 6.26. The van der Waals surface area contributed by atoms with E-state index >= 15 is 0 Å². The normalized spacial score (nSPS) is 11.0. The minimum Gasteiger partial charge on any atom is -0.493 e. The van der Waals surface area contributed by atoms with Gasteiger partial charge in [0.25, 0.3) is 5.91 Å². The second kappa shape index (κ2) is 11.8. The number of hydrogen-bond donors (Lipinski definition) is 1. The Morgan fingerprint density at radius 1 is 0.971 bits per heavy atom. The van der Waals surface area contributed by atoms with Crippen molar-refractivity contribution in [3.8, 4) is 5.75 Å². The van der Waals surface area contributed by atoms with Crippen LogP contribution in [0.3, 0.4) is 0 Å². The molecule has 1 heterocycles. The molecule has 5 nitrogen and oxygen atoms in total. The van der Waals surface area contributed by atoms with Gasteiger partial charge >= 0.3 is 0 Å². The number of aryl methyl sites for hydroxylation is 3. The minimum absolute atomic E-state index is 0.0466. The fourth-order valence-electron chi connectivity index (χ4n) is 3.99. The first-order valence-electron chi connectivity index (χ1n) is 11.8. The SMILES string of the molecule is Cc1ccccc1OCCCCn1c(CCCNC(=O)c2ccc(Br)cc2)nc2ccccc21. The van der Waals surface area contributed by atoms with E-state index < -0.39 is 0 Å². The van der Waals surface area contributed by atoms with Gasteiger partial charge in [-0.05, 0) is 74.2 Å². The van der Waals surface area contributed by atoms with Crippen LogP contribution in [0.25, 0.3) is 11.0 Å². The summed E-state index contributed by atoms with van der Waals surface area (Å²) in [5, 5.41) is 3.01. The van der Waals surface area contributed by atoms with Crippen LogP contribution in [-0.2, 0) is 13.0 Å². The smallest absolute Gasteiger partial charge is 0.251 e. The average Bonchev–Trinajstić information content (AvgIpc) is 3.20. The summed E-state index contributed by atoms with van der Waals surface area (Å²) in [6, 6.07) is 23.8. The van der Waals surface area contributed by atoms with Gasteiger partial charge in [-0.3, -0.25) is 4.79 Å². The van der Waals surface area contributed by atoms with Crippen molar-refractivity contribution in [1.82, 2.24) is 14.9 Å². The zero-order chi connectivity index (χ0) is 23.8. The van der Waals surface area contributed by atoms with Crippen LogP contribution in [0.5, 0.6) is 5.75 Å². The maximum absolute atomic E-state index is 12.3. The van der Waals surface area contributed by atoms with Crippen molar-refractivity contribution >= 4 is 32.9 Å². The van der Waals surface area contributed by atoms with E-state index in [4.69, 9.17) is 9.72 Å². The lowest BCUT2D eigenvalue weighted by atomic mass is 10.2. The summed E-state index contributed by atoms with van der Waals surface area (Å²) < 4.78 is 9.23. The number of aromatic nitrogens is 2. The van der Waals surface area contributed by atoms with E-state index in [9.17, 15) is 4.79 Å². The van der Waals surface area contributed by atoms with Gasteiger partial charge in [0.05, 0.1) is 17.6 Å². The number of nitrogens with zero attached hydrogens (tertiary/aromatic N) is 2. The molecular formula is C28H30BrN3O2. The van der Waals surface area contributed by atoms with Crippen molar-refractivity contribution in [2.75, 3.05) is 13.2 Å². The number of amides is 1. The van der Waals surface area contributed by atoms with Crippen LogP contribution in [0.1, 0.15) is 41.0 Å². The van der Waals surface area contributed by atoms with Crippen molar-refractivity contribution in [2.45, 2.75) is 39.2 Å². The van der Waals surface area contributed by atoms with E-state index in [1.54, 1.807) is 0 Å². The number of halogens is 1. The summed E-state index contributed by atoms with van der Waals surface area (Å²) in [5.74, 6) is 1.98. The summed E-state index contributed by atoms with van der Waals surface area (Å²) >= 11 is 3.40. The largest absolute Gasteiger partial charge is 0.493 e. The van der Waals surface area contributed by atoms with Crippen LogP contribution >= 0.6 is 15.9 Å². The number of fused-ring (bicyclic) bond motifs is 1. The van der Waals surface area contributed by atoms with E-state index in [1.165, 1.54) is 0 Å². The van der Waals surface area contributed by atoms with Crippen molar-refractivity contribution in [3.05, 3.63) is 94.2 Å². The van der Waals surface area contributed by atoms with E-state index in [0.29, 0.717) is 18.7 Å². The Morgan fingerprint density at radius 3 is 2.56 bits per heavy atom. The number of para-hydroxylation sites is 3. The monoisotopic (exact) mass is 519 g/mol. The molecule has 1 aromatic heterocycles. The molecule has 0 saturated heterocycles. The number of carbonyl (C=O) groups excluding carboxylic acids is 1. The summed E-state index contributed by atoms with van der Waals surface area (Å²) in [5.41, 5.74) is 4.02. The van der Waals surface area contributed by atoms with Gasteiger partial charge in [0.1, 0.15) is 11.6 Å². The van der Waals surface area contributed by atoms with Crippen molar-refractivity contribution in [2.24, 2.45) is 0 Å². The molecule has 0 aliphatic carbocycles. The highest BCUT2D eigenvalue weighted by molar-refractivity contribution is 9.10. The first-order chi connectivity index (χ1) is 16.6. The van der Waals surface area contributed by atoms with E-state index in [-0.39, 0.29) is 5.91 Å². The second-order valence-corrected chi connectivity index (χ2v) is 9.27. The zero-order valence-corrected chi connectivity index (χ0v) is 21.1. The van der Waals surface area contributed by atoms with Gasteiger partial charge in [0.2, 0.25) is 0 Å². The number of carbonyl (C=O) groups is 1. The Kier molecular flexibility index (Phi) is 8.36. The first-order valence-corrected chi connectivity index (χ1v) is 12.6. The Bertz CT molecular complexity index is 1230. The van der Waals surface area contributed by atoms with Gasteiger partial charge in [-0.1, -0.05) is 46.3 Å². The number of imidazole rings is 1. The van der Waals surface area contributed by atoms with Crippen LogP contribution in [0.15, 0.2) is 77.3 Å². The molecule has 0 bridgehead atoms. The number of ether oxygens (including phenoxy) is 1. The third-order valence-corrected chi connectivity index (χ3v) is 6.36. The van der Waals surface area contributed by atoms with Gasteiger partial charge in [-0.2, -0.15) is 0 Å². The lowest BCUT2D eigenvalue weighted by Crippen LogP contribution is -2.25. The molecule has 6 heteroatoms. The molecule has 0 spiro atoms. The molecule has 0 fully saturated rings. The predicted octanol–water partition coefficient (Wildman–Crippen LogP) is 6.33. The number of unbranched alkanes of at least 4 members (excludes halogenated alkanes) is 1. The van der Waals surface area contributed by atoms with Gasteiger partial charge in [-0.25, -0.2) is 4.98 Å². The van der Waals surface area contributed by atoms with Crippen LogP contribution in [0, 0.1) is 6.92 Å². The molecule has 4 rings (SSSR count). The summed E-state index contributed by atoms with van der Waals surface area (Å²) in [6.45, 7) is 4.29. The molecule has 0 atom stereocenters. The Hall–Kier alpha value is -3.12. The maximum atomic E-state index is 12.3. The highest BCUT2D eigenvalue weighted by atomic mass is 79.9. The molecule has 0 aliphatic heterocycles. The van der Waals surface area contributed by atoms with Crippen LogP contribution in [0.2, 0.25) is 0 Å². The molecule has 0 saturated carbocycles.